The molecular formula is C16H26F3N3O3. The van der Waals surface area contributed by atoms with Gasteiger partial charge in [0.15, 0.2) is 0 Å². The largest absolute Gasteiger partial charge is 0.490 e. The second kappa shape index (κ2) is 7.02. The first kappa shape index (κ1) is 18.9. The molecule has 4 aliphatic heterocycles. The molecule has 144 valence electrons. The second-order valence-electron chi connectivity index (χ2n) is 7.69. The van der Waals surface area contributed by atoms with Gasteiger partial charge in [0, 0.05) is 37.3 Å². The van der Waals surface area contributed by atoms with E-state index >= 15 is 0 Å². The molecule has 0 aromatic carbocycles. The summed E-state index contributed by atoms with van der Waals surface area (Å²) in [7, 11) is 2.31. The standard InChI is InChI=1S/C14H25N3O.C2HF3O2/c1-17-12-2-3-13(17)5-10(4-12)16-11-6-14(18-7-11)8-15-9-14;3-2(4,5)1(6)7/h10-13,15-16H,2-9H2,1H3;(H,6,7). The molecule has 1 spiro atoms. The Morgan fingerprint density at radius 3 is 2.20 bits per heavy atom. The maximum Gasteiger partial charge on any atom is 0.490 e. The van der Waals surface area contributed by atoms with Crippen LogP contribution in [0.3, 0.4) is 0 Å². The van der Waals surface area contributed by atoms with Gasteiger partial charge in [0.05, 0.1) is 12.2 Å². The third-order valence-electron chi connectivity index (χ3n) is 5.92. The van der Waals surface area contributed by atoms with Crippen molar-refractivity contribution >= 4 is 5.97 Å². The predicted molar refractivity (Wildman–Crippen MR) is 84.4 cm³/mol. The van der Waals surface area contributed by atoms with E-state index in [9.17, 15) is 13.2 Å². The Hall–Kier alpha value is -0.900. The van der Waals surface area contributed by atoms with Crippen LogP contribution in [0, 0.1) is 0 Å². The van der Waals surface area contributed by atoms with Gasteiger partial charge in [0.1, 0.15) is 0 Å². The van der Waals surface area contributed by atoms with Crippen LogP contribution < -0.4 is 10.6 Å². The number of rotatable bonds is 2. The highest BCUT2D eigenvalue weighted by Gasteiger charge is 2.46. The van der Waals surface area contributed by atoms with E-state index in [2.05, 4.69) is 22.6 Å². The number of carboxylic acids is 1. The number of aliphatic carboxylic acids is 1. The van der Waals surface area contributed by atoms with Crippen molar-refractivity contribution in [2.45, 2.75) is 68.0 Å². The van der Waals surface area contributed by atoms with Gasteiger partial charge in [-0.3, -0.25) is 0 Å². The maximum atomic E-state index is 10.6. The lowest BCUT2D eigenvalue weighted by Crippen LogP contribution is -2.59. The molecule has 3 N–H and O–H groups in total. The summed E-state index contributed by atoms with van der Waals surface area (Å²) >= 11 is 0. The lowest BCUT2D eigenvalue weighted by Gasteiger charge is -2.39. The van der Waals surface area contributed by atoms with Crippen molar-refractivity contribution in [3.8, 4) is 0 Å². The molecule has 4 heterocycles. The lowest BCUT2D eigenvalue weighted by molar-refractivity contribution is -0.192. The van der Waals surface area contributed by atoms with Crippen molar-refractivity contribution in [3.05, 3.63) is 0 Å². The summed E-state index contributed by atoms with van der Waals surface area (Å²) in [6, 6.07) is 3.00. The van der Waals surface area contributed by atoms with Gasteiger partial charge >= 0.3 is 12.1 Å². The van der Waals surface area contributed by atoms with E-state index in [-0.39, 0.29) is 5.60 Å². The molecule has 0 aliphatic carbocycles. The average Bonchev–Trinajstić information content (AvgIpc) is 2.98. The zero-order chi connectivity index (χ0) is 18.2. The highest BCUT2D eigenvalue weighted by atomic mass is 19.4. The molecule has 0 aromatic heterocycles. The predicted octanol–water partition coefficient (Wildman–Crippen LogP) is 0.965. The number of piperidine rings is 1. The number of carboxylic acid groups (broad SMARTS) is 1. The third-order valence-corrected chi connectivity index (χ3v) is 5.92. The summed E-state index contributed by atoms with van der Waals surface area (Å²) in [5.74, 6) is -2.76. The van der Waals surface area contributed by atoms with Crippen molar-refractivity contribution in [3.63, 3.8) is 0 Å². The summed E-state index contributed by atoms with van der Waals surface area (Å²) in [6.07, 6.45) is 1.63. The molecular weight excluding hydrogens is 339 g/mol. The number of halogens is 3. The van der Waals surface area contributed by atoms with Crippen LogP contribution in [0.25, 0.3) is 0 Å². The van der Waals surface area contributed by atoms with Gasteiger partial charge in [-0.05, 0) is 39.2 Å². The maximum absolute atomic E-state index is 10.6. The fourth-order valence-electron chi connectivity index (χ4n) is 4.48. The number of hydrogen-bond acceptors (Lipinski definition) is 5. The Morgan fingerprint density at radius 1 is 1.24 bits per heavy atom. The van der Waals surface area contributed by atoms with Gasteiger partial charge < -0.3 is 25.4 Å². The van der Waals surface area contributed by atoms with E-state index in [4.69, 9.17) is 14.6 Å². The third kappa shape index (κ3) is 4.27. The fourth-order valence-corrected chi connectivity index (χ4v) is 4.48. The summed E-state index contributed by atoms with van der Waals surface area (Å²) in [4.78, 5) is 11.5. The number of alkyl halides is 3. The van der Waals surface area contributed by atoms with Gasteiger partial charge in [0.25, 0.3) is 0 Å². The van der Waals surface area contributed by atoms with E-state index < -0.39 is 12.1 Å². The SMILES string of the molecule is CN1C2CCC1CC(NC1COC3(CNC3)C1)C2.O=C(O)C(F)(F)F. The zero-order valence-corrected chi connectivity index (χ0v) is 14.3. The molecule has 4 saturated heterocycles. The number of nitrogens with one attached hydrogen (secondary N) is 2. The van der Waals surface area contributed by atoms with E-state index in [0.717, 1.165) is 37.8 Å². The molecule has 4 fully saturated rings. The number of carbonyl (C=O) groups is 1. The van der Waals surface area contributed by atoms with E-state index in [1.807, 2.05) is 0 Å². The summed E-state index contributed by atoms with van der Waals surface area (Å²) in [5, 5.41) is 14.3. The first-order valence-corrected chi connectivity index (χ1v) is 8.81. The van der Waals surface area contributed by atoms with E-state index in [1.54, 1.807) is 0 Å². The minimum Gasteiger partial charge on any atom is -0.475 e. The van der Waals surface area contributed by atoms with Crippen LogP contribution in [-0.4, -0.2) is 78.7 Å². The van der Waals surface area contributed by atoms with Crippen LogP contribution in [0.1, 0.15) is 32.1 Å². The van der Waals surface area contributed by atoms with Gasteiger partial charge in [-0.1, -0.05) is 0 Å². The highest BCUT2D eigenvalue weighted by Crippen LogP contribution is 2.35. The average molecular weight is 365 g/mol. The van der Waals surface area contributed by atoms with Gasteiger partial charge in [-0.25, -0.2) is 4.79 Å². The summed E-state index contributed by atoms with van der Waals surface area (Å²) < 4.78 is 37.7. The van der Waals surface area contributed by atoms with Gasteiger partial charge in [-0.2, -0.15) is 13.2 Å². The monoisotopic (exact) mass is 365 g/mol. The molecule has 4 aliphatic rings. The molecule has 25 heavy (non-hydrogen) atoms. The molecule has 9 heteroatoms. The molecule has 0 amide bonds. The summed E-state index contributed by atoms with van der Waals surface area (Å²) in [5.41, 5.74) is 0.197. The Morgan fingerprint density at radius 2 is 1.80 bits per heavy atom. The van der Waals surface area contributed by atoms with Crippen LogP contribution >= 0.6 is 0 Å². The van der Waals surface area contributed by atoms with Crippen molar-refractivity contribution < 1.29 is 27.8 Å². The molecule has 3 unspecified atom stereocenters. The van der Waals surface area contributed by atoms with E-state index in [0.29, 0.717) is 6.04 Å². The van der Waals surface area contributed by atoms with Gasteiger partial charge in [-0.15, -0.1) is 0 Å². The topological polar surface area (TPSA) is 73.8 Å². The molecule has 0 radical (unpaired) electrons. The number of hydrogen-bond donors (Lipinski definition) is 3. The number of ether oxygens (including phenoxy) is 1. The molecule has 0 aromatic rings. The summed E-state index contributed by atoms with van der Waals surface area (Å²) in [6.45, 7) is 3.04. The van der Waals surface area contributed by atoms with Crippen LogP contribution in [0.4, 0.5) is 13.2 Å². The van der Waals surface area contributed by atoms with Crippen LogP contribution in [0.2, 0.25) is 0 Å². The van der Waals surface area contributed by atoms with E-state index in [1.165, 1.54) is 32.1 Å². The minimum absolute atomic E-state index is 0.197. The molecule has 4 rings (SSSR count). The lowest BCUT2D eigenvalue weighted by atomic mass is 9.90. The Balaban J connectivity index is 0.000000225. The van der Waals surface area contributed by atoms with Crippen molar-refractivity contribution in [2.75, 3.05) is 26.7 Å². The Bertz CT molecular complexity index is 485. The minimum atomic E-state index is -5.08. The zero-order valence-electron chi connectivity index (χ0n) is 14.3. The molecule has 0 saturated carbocycles. The number of nitrogens with zero attached hydrogens (tertiary/aromatic N) is 1. The first-order valence-electron chi connectivity index (χ1n) is 8.81. The first-order chi connectivity index (χ1) is 11.7. The van der Waals surface area contributed by atoms with Crippen LogP contribution in [-0.2, 0) is 9.53 Å². The van der Waals surface area contributed by atoms with Crippen molar-refractivity contribution in [1.29, 1.82) is 0 Å². The normalized spacial score (nSPS) is 36.6. The number of fused-ring (bicyclic) bond motifs is 2. The molecule has 6 nitrogen and oxygen atoms in total. The quantitative estimate of drug-likeness (QED) is 0.677. The molecule has 2 bridgehead atoms. The Labute approximate surface area is 145 Å². The molecule has 3 atom stereocenters. The van der Waals surface area contributed by atoms with Crippen molar-refractivity contribution in [2.24, 2.45) is 0 Å². The Kier molecular flexibility index (Phi) is 5.30. The highest BCUT2D eigenvalue weighted by molar-refractivity contribution is 5.73. The fraction of sp³-hybridized carbons (Fsp3) is 0.938. The van der Waals surface area contributed by atoms with Crippen LogP contribution in [0.15, 0.2) is 0 Å². The van der Waals surface area contributed by atoms with Crippen molar-refractivity contribution in [1.82, 2.24) is 15.5 Å². The van der Waals surface area contributed by atoms with Crippen LogP contribution in [0.5, 0.6) is 0 Å². The smallest absolute Gasteiger partial charge is 0.475 e. The second-order valence-corrected chi connectivity index (χ2v) is 7.69. The van der Waals surface area contributed by atoms with Gasteiger partial charge in [0.2, 0.25) is 0 Å².